The second-order valence-corrected chi connectivity index (χ2v) is 11.5. The summed E-state index contributed by atoms with van der Waals surface area (Å²) in [6.45, 7) is 4.87. The minimum Gasteiger partial charge on any atom is -0.496 e. The first kappa shape index (κ1) is 33.1. The number of benzene rings is 2. The fourth-order valence-corrected chi connectivity index (χ4v) is 4.47. The van der Waals surface area contributed by atoms with Crippen molar-refractivity contribution in [3.05, 3.63) is 54.1 Å². The van der Waals surface area contributed by atoms with Crippen molar-refractivity contribution in [3.63, 3.8) is 0 Å². The first-order valence-corrected chi connectivity index (χ1v) is 14.2. The van der Waals surface area contributed by atoms with E-state index in [1.54, 1.807) is 52.1 Å². The minimum absolute atomic E-state index is 0.192. The smallest absolute Gasteiger partial charge is 0.496 e. The van der Waals surface area contributed by atoms with Crippen LogP contribution in [-0.2, 0) is 36.1 Å². The van der Waals surface area contributed by atoms with Crippen molar-refractivity contribution in [2.75, 3.05) is 44.9 Å². The van der Waals surface area contributed by atoms with Crippen molar-refractivity contribution in [1.82, 2.24) is 4.90 Å². The zero-order valence-corrected chi connectivity index (χ0v) is 24.7. The zero-order chi connectivity index (χ0) is 30.9. The third kappa shape index (κ3) is 9.88. The van der Waals surface area contributed by atoms with Gasteiger partial charge in [0.1, 0.15) is 23.6 Å². The highest BCUT2D eigenvalue weighted by molar-refractivity contribution is 7.81. The van der Waals surface area contributed by atoms with Gasteiger partial charge >= 0.3 is 11.6 Å². The van der Waals surface area contributed by atoms with Crippen LogP contribution in [0.5, 0.6) is 11.5 Å². The number of anilines is 1. The van der Waals surface area contributed by atoms with Gasteiger partial charge in [0.05, 0.1) is 39.6 Å². The fourth-order valence-electron chi connectivity index (χ4n) is 4.06. The van der Waals surface area contributed by atoms with Gasteiger partial charge in [-0.25, -0.2) is 9.00 Å². The Hall–Kier alpha value is -3.36. The van der Waals surface area contributed by atoms with Crippen LogP contribution in [0.2, 0.25) is 0 Å². The lowest BCUT2D eigenvalue weighted by molar-refractivity contribution is -0.122. The quantitative estimate of drug-likeness (QED) is 0.313. The van der Waals surface area contributed by atoms with Gasteiger partial charge in [0, 0.05) is 24.2 Å². The van der Waals surface area contributed by atoms with Gasteiger partial charge in [-0.2, -0.15) is 13.2 Å². The van der Waals surface area contributed by atoms with E-state index >= 15 is 0 Å². The Bertz CT molecular complexity index is 1220. The average molecular weight is 617 g/mol. The van der Waals surface area contributed by atoms with Crippen LogP contribution in [0.15, 0.2) is 48.5 Å². The van der Waals surface area contributed by atoms with Crippen LogP contribution in [0, 0.1) is 0 Å². The molecule has 1 fully saturated rings. The van der Waals surface area contributed by atoms with E-state index in [2.05, 4.69) is 4.18 Å². The van der Waals surface area contributed by atoms with Crippen molar-refractivity contribution in [2.24, 2.45) is 0 Å². The van der Waals surface area contributed by atoms with Gasteiger partial charge in [-0.1, -0.05) is 18.2 Å². The Morgan fingerprint density at radius 3 is 2.38 bits per heavy atom. The molecule has 0 aliphatic carbocycles. The number of carbonyl (C=O) groups excluding carboxylic acids is 2. The predicted molar refractivity (Wildman–Crippen MR) is 148 cm³/mol. The molecule has 2 aromatic carbocycles. The van der Waals surface area contributed by atoms with Crippen LogP contribution >= 0.6 is 0 Å². The van der Waals surface area contributed by atoms with Crippen LogP contribution in [0.3, 0.4) is 0 Å². The molecule has 0 N–H and O–H groups in total. The van der Waals surface area contributed by atoms with Crippen molar-refractivity contribution >= 4 is 28.8 Å². The van der Waals surface area contributed by atoms with E-state index in [4.69, 9.17) is 18.9 Å². The van der Waals surface area contributed by atoms with E-state index < -0.39 is 46.8 Å². The molecule has 2 aromatic rings. The number of methoxy groups -OCH3 is 1. The third-order valence-electron chi connectivity index (χ3n) is 5.87. The lowest BCUT2D eigenvalue weighted by Crippen LogP contribution is -2.60. The number of alkyl halides is 3. The molecular weight excluding hydrogens is 581 g/mol. The number of halogens is 3. The molecule has 0 saturated carbocycles. The van der Waals surface area contributed by atoms with Crippen LogP contribution in [-0.4, -0.2) is 78.3 Å². The summed E-state index contributed by atoms with van der Waals surface area (Å²) in [6, 6.07) is 12.9. The molecule has 0 aromatic heterocycles. The topological polar surface area (TPSA) is 104 Å². The molecule has 1 heterocycles. The molecule has 3 rings (SSSR count). The highest BCUT2D eigenvalue weighted by Gasteiger charge is 2.42. The Morgan fingerprint density at radius 1 is 1.05 bits per heavy atom. The lowest BCUT2D eigenvalue weighted by Gasteiger charge is -2.41. The predicted octanol–water partition coefficient (Wildman–Crippen LogP) is 4.83. The molecule has 2 atom stereocenters. The standard InChI is InChI=1S/C28H35F3N2O8S/c1-27(2,3)41-26(35)32-16-22(19-40-42(36)28(29,30)31)33(25(34)17-32)21-10-12-23(13-11-21)39-15-7-14-38-18-20-8-5-6-9-24(20)37-4/h5-6,8-13,22H,7,14-19H2,1-4H3/t22-,42?/m1/s1. The van der Waals surface area contributed by atoms with Crippen molar-refractivity contribution < 1.29 is 50.1 Å². The summed E-state index contributed by atoms with van der Waals surface area (Å²) in [5.41, 5.74) is -4.65. The Kier molecular flexibility index (Phi) is 11.6. The normalized spacial score (nSPS) is 16.7. The van der Waals surface area contributed by atoms with Gasteiger partial charge in [0.2, 0.25) is 5.91 Å². The molecule has 0 bridgehead atoms. The molecule has 14 heteroatoms. The van der Waals surface area contributed by atoms with Gasteiger partial charge in [0.25, 0.3) is 11.1 Å². The van der Waals surface area contributed by atoms with E-state index in [9.17, 15) is 27.0 Å². The molecule has 1 unspecified atom stereocenters. The fraction of sp³-hybridized carbons (Fsp3) is 0.500. The maximum atomic E-state index is 13.1. The average Bonchev–Trinajstić information content (AvgIpc) is 2.92. The van der Waals surface area contributed by atoms with Crippen LogP contribution in [0.4, 0.5) is 23.7 Å². The number of hydrogen-bond donors (Lipinski definition) is 0. The van der Waals surface area contributed by atoms with Gasteiger partial charge in [-0.15, -0.1) is 0 Å². The van der Waals surface area contributed by atoms with Gasteiger partial charge in [0.15, 0.2) is 0 Å². The summed E-state index contributed by atoms with van der Waals surface area (Å²) in [4.78, 5) is 28.0. The number of para-hydroxylation sites is 1. The van der Waals surface area contributed by atoms with Crippen LogP contribution in [0.1, 0.15) is 32.8 Å². The molecule has 2 amide bonds. The van der Waals surface area contributed by atoms with E-state index in [1.807, 2.05) is 24.3 Å². The van der Waals surface area contributed by atoms with Crippen LogP contribution < -0.4 is 14.4 Å². The highest BCUT2D eigenvalue weighted by Crippen LogP contribution is 2.27. The summed E-state index contributed by atoms with van der Waals surface area (Å²) in [5, 5.41) is 0. The summed E-state index contributed by atoms with van der Waals surface area (Å²) in [6.07, 6.45) is -0.189. The van der Waals surface area contributed by atoms with Crippen LogP contribution in [0.25, 0.3) is 0 Å². The number of hydrogen-bond acceptors (Lipinski definition) is 8. The van der Waals surface area contributed by atoms with E-state index in [-0.39, 0.29) is 13.1 Å². The molecule has 1 aliphatic heterocycles. The Labute approximate surface area is 245 Å². The summed E-state index contributed by atoms with van der Waals surface area (Å²) in [5.74, 6) is 0.689. The second-order valence-electron chi connectivity index (χ2n) is 10.3. The first-order chi connectivity index (χ1) is 19.8. The number of nitrogens with zero attached hydrogens (tertiary/aromatic N) is 2. The van der Waals surface area contributed by atoms with E-state index in [1.165, 1.54) is 4.90 Å². The zero-order valence-electron chi connectivity index (χ0n) is 23.8. The largest absolute Gasteiger partial charge is 0.497 e. The summed E-state index contributed by atoms with van der Waals surface area (Å²) < 4.78 is 76.5. The molecule has 232 valence electrons. The summed E-state index contributed by atoms with van der Waals surface area (Å²) >= 11 is -3.59. The number of rotatable bonds is 12. The van der Waals surface area contributed by atoms with E-state index in [0.717, 1.165) is 16.2 Å². The number of piperazine rings is 1. The lowest BCUT2D eigenvalue weighted by atomic mass is 10.1. The molecule has 1 saturated heterocycles. The number of carbonyl (C=O) groups is 2. The molecule has 0 spiro atoms. The van der Waals surface area contributed by atoms with Crippen molar-refractivity contribution in [2.45, 2.75) is 51.0 Å². The highest BCUT2D eigenvalue weighted by atomic mass is 32.2. The van der Waals surface area contributed by atoms with Crippen molar-refractivity contribution in [1.29, 1.82) is 0 Å². The molecular formula is C28H35F3N2O8S. The minimum atomic E-state index is -5.09. The Balaban J connectivity index is 1.59. The molecule has 0 radical (unpaired) electrons. The van der Waals surface area contributed by atoms with Crippen molar-refractivity contribution in [3.8, 4) is 11.5 Å². The summed E-state index contributed by atoms with van der Waals surface area (Å²) in [7, 11) is 1.60. The number of ether oxygens (including phenoxy) is 4. The van der Waals surface area contributed by atoms with Gasteiger partial charge in [-0.3, -0.25) is 13.9 Å². The SMILES string of the molecule is COc1ccccc1COCCCOc1ccc(N2C(=O)CN(C(=O)OC(C)(C)C)C[C@@H]2COS(=O)C(F)(F)F)cc1. The maximum absolute atomic E-state index is 13.1. The first-order valence-electron chi connectivity index (χ1n) is 13.1. The van der Waals surface area contributed by atoms with Gasteiger partial charge < -0.3 is 23.8 Å². The van der Waals surface area contributed by atoms with Gasteiger partial charge in [-0.05, 0) is 51.1 Å². The Morgan fingerprint density at radius 2 is 1.74 bits per heavy atom. The monoisotopic (exact) mass is 616 g/mol. The number of amides is 2. The molecule has 1 aliphatic rings. The second kappa shape index (κ2) is 14.7. The maximum Gasteiger partial charge on any atom is 0.497 e. The molecule has 10 nitrogen and oxygen atoms in total. The van der Waals surface area contributed by atoms with E-state index in [0.29, 0.717) is 37.7 Å². The molecule has 42 heavy (non-hydrogen) atoms. The third-order valence-corrected chi connectivity index (χ3v) is 6.59.